The molecule has 0 aliphatic rings. The Kier molecular flexibility index (Phi) is 3.05. The van der Waals surface area contributed by atoms with Gasteiger partial charge in [-0.2, -0.15) is 0 Å². The van der Waals surface area contributed by atoms with Crippen molar-refractivity contribution in [1.82, 2.24) is 9.97 Å². The van der Waals surface area contributed by atoms with Gasteiger partial charge in [0.05, 0.1) is 0 Å². The summed E-state index contributed by atoms with van der Waals surface area (Å²) in [5.74, 6) is -0.112. The van der Waals surface area contributed by atoms with Gasteiger partial charge in [-0.3, -0.25) is 14.8 Å². The standard InChI is InChI=1S/C13H12N2O/c1-10(11-4-2-6-14-8-11)13(16)12-5-3-7-15-9-12/h2-10H,1H3. The van der Waals surface area contributed by atoms with Crippen LogP contribution in [0, 0.1) is 0 Å². The molecule has 0 aromatic carbocycles. The maximum atomic E-state index is 12.1. The van der Waals surface area contributed by atoms with Gasteiger partial charge in [0.15, 0.2) is 5.78 Å². The summed E-state index contributed by atoms with van der Waals surface area (Å²) < 4.78 is 0. The topological polar surface area (TPSA) is 42.9 Å². The summed E-state index contributed by atoms with van der Waals surface area (Å²) in [4.78, 5) is 20.0. The van der Waals surface area contributed by atoms with Crippen molar-refractivity contribution in [1.29, 1.82) is 0 Å². The Labute approximate surface area is 94.2 Å². The smallest absolute Gasteiger partial charge is 0.171 e. The molecule has 80 valence electrons. The minimum atomic E-state index is -0.183. The predicted octanol–water partition coefficient (Wildman–Crippen LogP) is 2.46. The molecule has 3 nitrogen and oxygen atoms in total. The summed E-state index contributed by atoms with van der Waals surface area (Å²) in [6.45, 7) is 1.88. The number of Topliss-reactive ketones (excluding diaryl/α,β-unsaturated/α-hetero) is 1. The SMILES string of the molecule is CC(C(=O)c1cccnc1)c1cccnc1. The molecule has 3 heteroatoms. The van der Waals surface area contributed by atoms with Gasteiger partial charge in [0, 0.05) is 36.3 Å². The Morgan fingerprint density at radius 2 is 1.81 bits per heavy atom. The number of ketones is 1. The van der Waals surface area contributed by atoms with Crippen molar-refractivity contribution in [2.24, 2.45) is 0 Å². The quantitative estimate of drug-likeness (QED) is 0.734. The number of hydrogen-bond donors (Lipinski definition) is 0. The fraction of sp³-hybridized carbons (Fsp3) is 0.154. The molecule has 2 aromatic rings. The maximum Gasteiger partial charge on any atom is 0.171 e. The van der Waals surface area contributed by atoms with Crippen LogP contribution in [0.25, 0.3) is 0 Å². The monoisotopic (exact) mass is 212 g/mol. The Morgan fingerprint density at radius 3 is 2.38 bits per heavy atom. The lowest BCUT2D eigenvalue weighted by atomic mass is 9.94. The van der Waals surface area contributed by atoms with E-state index in [0.717, 1.165) is 5.56 Å². The highest BCUT2D eigenvalue weighted by atomic mass is 16.1. The Hall–Kier alpha value is -2.03. The van der Waals surface area contributed by atoms with Gasteiger partial charge in [-0.05, 0) is 23.8 Å². The average molecular weight is 212 g/mol. The number of hydrogen-bond acceptors (Lipinski definition) is 3. The first kappa shape index (κ1) is 10.5. The first-order chi connectivity index (χ1) is 7.79. The van der Waals surface area contributed by atoms with Crippen molar-refractivity contribution < 1.29 is 4.79 Å². The molecular weight excluding hydrogens is 200 g/mol. The first-order valence-corrected chi connectivity index (χ1v) is 5.13. The van der Waals surface area contributed by atoms with Crippen LogP contribution in [-0.4, -0.2) is 15.8 Å². The summed E-state index contributed by atoms with van der Waals surface area (Å²) in [7, 11) is 0. The van der Waals surface area contributed by atoms with Crippen LogP contribution in [0.1, 0.15) is 28.8 Å². The molecule has 0 fully saturated rings. The van der Waals surface area contributed by atoms with E-state index in [1.54, 1.807) is 36.9 Å². The van der Waals surface area contributed by atoms with E-state index in [2.05, 4.69) is 9.97 Å². The van der Waals surface area contributed by atoms with E-state index >= 15 is 0 Å². The Bertz CT molecular complexity index is 468. The summed E-state index contributed by atoms with van der Waals surface area (Å²) >= 11 is 0. The van der Waals surface area contributed by atoms with E-state index in [0.29, 0.717) is 5.56 Å². The number of pyridine rings is 2. The third-order valence-corrected chi connectivity index (χ3v) is 2.52. The molecule has 1 unspecified atom stereocenters. The number of aromatic nitrogens is 2. The lowest BCUT2D eigenvalue weighted by Crippen LogP contribution is -2.09. The molecule has 0 saturated heterocycles. The molecule has 0 aliphatic carbocycles. The van der Waals surface area contributed by atoms with E-state index in [4.69, 9.17) is 0 Å². The lowest BCUT2D eigenvalue weighted by molar-refractivity contribution is 0.0965. The molecular formula is C13H12N2O. The highest BCUT2D eigenvalue weighted by Gasteiger charge is 2.16. The van der Waals surface area contributed by atoms with E-state index in [-0.39, 0.29) is 11.7 Å². The van der Waals surface area contributed by atoms with Crippen LogP contribution in [0.5, 0.6) is 0 Å². The van der Waals surface area contributed by atoms with Crippen molar-refractivity contribution in [3.63, 3.8) is 0 Å². The van der Waals surface area contributed by atoms with Gasteiger partial charge in [-0.1, -0.05) is 13.0 Å². The van der Waals surface area contributed by atoms with Crippen LogP contribution in [0.4, 0.5) is 0 Å². The summed E-state index contributed by atoms with van der Waals surface area (Å²) in [6.07, 6.45) is 6.67. The third-order valence-electron chi connectivity index (χ3n) is 2.52. The highest BCUT2D eigenvalue weighted by molar-refractivity contribution is 6.00. The molecule has 2 aromatic heterocycles. The summed E-state index contributed by atoms with van der Waals surface area (Å²) in [6, 6.07) is 7.29. The van der Waals surface area contributed by atoms with Gasteiger partial charge in [-0.15, -0.1) is 0 Å². The predicted molar refractivity (Wildman–Crippen MR) is 61.2 cm³/mol. The zero-order chi connectivity index (χ0) is 11.4. The highest BCUT2D eigenvalue weighted by Crippen LogP contribution is 2.18. The zero-order valence-corrected chi connectivity index (χ0v) is 9.00. The van der Waals surface area contributed by atoms with Gasteiger partial charge in [0.2, 0.25) is 0 Å². The van der Waals surface area contributed by atoms with Crippen LogP contribution in [0.2, 0.25) is 0 Å². The maximum absolute atomic E-state index is 12.1. The van der Waals surface area contributed by atoms with E-state index in [1.807, 2.05) is 19.1 Å². The van der Waals surface area contributed by atoms with E-state index < -0.39 is 0 Å². The number of carbonyl (C=O) groups is 1. The van der Waals surface area contributed by atoms with E-state index in [1.165, 1.54) is 0 Å². The van der Waals surface area contributed by atoms with Crippen molar-refractivity contribution in [2.45, 2.75) is 12.8 Å². The molecule has 2 rings (SSSR count). The van der Waals surface area contributed by atoms with Crippen LogP contribution < -0.4 is 0 Å². The fourth-order valence-corrected chi connectivity index (χ4v) is 1.54. The van der Waals surface area contributed by atoms with Crippen LogP contribution in [0.3, 0.4) is 0 Å². The third kappa shape index (κ3) is 2.14. The second-order valence-corrected chi connectivity index (χ2v) is 3.61. The Balaban J connectivity index is 2.24. The van der Waals surface area contributed by atoms with Gasteiger partial charge >= 0.3 is 0 Å². The van der Waals surface area contributed by atoms with Crippen LogP contribution in [-0.2, 0) is 0 Å². The molecule has 0 spiro atoms. The first-order valence-electron chi connectivity index (χ1n) is 5.13. The molecule has 0 radical (unpaired) electrons. The van der Waals surface area contributed by atoms with Gasteiger partial charge in [0.1, 0.15) is 0 Å². The van der Waals surface area contributed by atoms with Crippen molar-refractivity contribution in [3.05, 3.63) is 60.2 Å². The number of carbonyl (C=O) groups excluding carboxylic acids is 1. The van der Waals surface area contributed by atoms with Crippen molar-refractivity contribution in [2.75, 3.05) is 0 Å². The Morgan fingerprint density at radius 1 is 1.12 bits per heavy atom. The minimum Gasteiger partial charge on any atom is -0.293 e. The molecule has 0 amide bonds. The number of nitrogens with zero attached hydrogens (tertiary/aromatic N) is 2. The normalized spacial score (nSPS) is 12.1. The van der Waals surface area contributed by atoms with E-state index in [9.17, 15) is 4.79 Å². The molecule has 0 N–H and O–H groups in total. The van der Waals surface area contributed by atoms with Gasteiger partial charge < -0.3 is 0 Å². The number of rotatable bonds is 3. The van der Waals surface area contributed by atoms with Gasteiger partial charge in [0.25, 0.3) is 0 Å². The largest absolute Gasteiger partial charge is 0.293 e. The molecule has 0 bridgehead atoms. The molecule has 2 heterocycles. The molecule has 1 atom stereocenters. The lowest BCUT2D eigenvalue weighted by Gasteiger charge is -2.09. The van der Waals surface area contributed by atoms with Crippen molar-refractivity contribution in [3.8, 4) is 0 Å². The second kappa shape index (κ2) is 4.66. The minimum absolute atomic E-state index is 0.0705. The van der Waals surface area contributed by atoms with Crippen molar-refractivity contribution >= 4 is 5.78 Å². The summed E-state index contributed by atoms with van der Waals surface area (Å²) in [5, 5.41) is 0. The van der Waals surface area contributed by atoms with Gasteiger partial charge in [-0.25, -0.2) is 0 Å². The fourth-order valence-electron chi connectivity index (χ4n) is 1.54. The molecule has 0 saturated carbocycles. The second-order valence-electron chi connectivity index (χ2n) is 3.61. The average Bonchev–Trinajstić information content (AvgIpc) is 2.39. The van der Waals surface area contributed by atoms with Crippen LogP contribution >= 0.6 is 0 Å². The summed E-state index contributed by atoms with van der Waals surface area (Å²) in [5.41, 5.74) is 1.57. The zero-order valence-electron chi connectivity index (χ0n) is 9.00. The molecule has 0 aliphatic heterocycles. The van der Waals surface area contributed by atoms with Crippen LogP contribution in [0.15, 0.2) is 49.1 Å². The molecule has 16 heavy (non-hydrogen) atoms.